The van der Waals surface area contributed by atoms with E-state index in [0.717, 1.165) is 13.8 Å². The van der Waals surface area contributed by atoms with Crippen LogP contribution in [-0.2, 0) is 33.3 Å². The molecule has 0 aromatic carbocycles. The summed E-state index contributed by atoms with van der Waals surface area (Å²) < 4.78 is 19.6. The maximum Gasteiger partial charge on any atom is 0.303 e. The Hall–Kier alpha value is -1.67. The minimum atomic E-state index is -1.46. The summed E-state index contributed by atoms with van der Waals surface area (Å²) in [5, 5.41) is 9.62. The van der Waals surface area contributed by atoms with Crippen molar-refractivity contribution in [3.8, 4) is 0 Å². The number of hydrogen-bond donors (Lipinski definition) is 1. The summed E-state index contributed by atoms with van der Waals surface area (Å²) in [4.78, 5) is 33.0. The predicted molar refractivity (Wildman–Crippen MR) is 58.6 cm³/mol. The summed E-state index contributed by atoms with van der Waals surface area (Å²) in [7, 11) is 0. The van der Waals surface area contributed by atoms with Gasteiger partial charge in [-0.05, 0) is 0 Å². The molecule has 0 aliphatic carbocycles. The van der Waals surface area contributed by atoms with E-state index in [0.29, 0.717) is 0 Å². The van der Waals surface area contributed by atoms with Crippen LogP contribution in [0.2, 0.25) is 0 Å². The molecule has 0 saturated carbocycles. The minimum Gasteiger partial charge on any atom is -0.456 e. The summed E-state index contributed by atoms with van der Waals surface area (Å²) in [5.41, 5.74) is 0. The van der Waals surface area contributed by atoms with Crippen LogP contribution in [0.15, 0.2) is 0 Å². The molecule has 1 saturated heterocycles. The second-order valence-electron chi connectivity index (χ2n) is 4.02. The second kappa shape index (κ2) is 6.48. The molecule has 1 rings (SSSR count). The van der Waals surface area contributed by atoms with Crippen molar-refractivity contribution in [2.24, 2.45) is 0 Å². The van der Waals surface area contributed by atoms with Crippen LogP contribution in [0.4, 0.5) is 0 Å². The zero-order chi connectivity index (χ0) is 14.6. The van der Waals surface area contributed by atoms with Gasteiger partial charge in [-0.1, -0.05) is 0 Å². The lowest BCUT2D eigenvalue weighted by Gasteiger charge is -2.38. The molecule has 1 aliphatic rings. The fourth-order valence-electron chi connectivity index (χ4n) is 1.72. The Labute approximate surface area is 109 Å². The quantitative estimate of drug-likeness (QED) is 0.523. The van der Waals surface area contributed by atoms with Crippen LogP contribution >= 0.6 is 0 Å². The van der Waals surface area contributed by atoms with Gasteiger partial charge in [0.05, 0.1) is 6.61 Å². The van der Waals surface area contributed by atoms with Gasteiger partial charge in [0.15, 0.2) is 24.6 Å². The average Bonchev–Trinajstić information content (AvgIpc) is 2.25. The number of aliphatic hydroxyl groups is 1. The Morgan fingerprint density at radius 3 is 1.89 bits per heavy atom. The average molecular weight is 276 g/mol. The molecule has 0 aromatic rings. The third-order valence-electron chi connectivity index (χ3n) is 2.32. The highest BCUT2D eigenvalue weighted by Gasteiger charge is 2.46. The van der Waals surface area contributed by atoms with Crippen molar-refractivity contribution in [3.05, 3.63) is 0 Å². The lowest BCUT2D eigenvalue weighted by atomic mass is 10.0. The number of hydrogen-bond acceptors (Lipinski definition) is 8. The summed E-state index contributed by atoms with van der Waals surface area (Å²) in [6, 6.07) is 0. The Morgan fingerprint density at radius 1 is 0.947 bits per heavy atom. The van der Waals surface area contributed by atoms with Crippen molar-refractivity contribution in [3.63, 3.8) is 0 Å². The number of rotatable bonds is 3. The Kier molecular flexibility index (Phi) is 5.25. The molecule has 8 nitrogen and oxygen atoms in total. The van der Waals surface area contributed by atoms with Gasteiger partial charge in [-0.25, -0.2) is 0 Å². The van der Waals surface area contributed by atoms with Gasteiger partial charge < -0.3 is 24.1 Å². The topological polar surface area (TPSA) is 108 Å². The van der Waals surface area contributed by atoms with E-state index >= 15 is 0 Å². The Bertz CT molecular complexity index is 366. The Balaban J connectivity index is 2.89. The maximum absolute atomic E-state index is 11.1. The first kappa shape index (κ1) is 15.4. The summed E-state index contributed by atoms with van der Waals surface area (Å²) in [5.74, 6) is -1.95. The predicted octanol–water partition coefficient (Wildman–Crippen LogP) is -0.870. The van der Waals surface area contributed by atoms with E-state index < -0.39 is 42.5 Å². The molecule has 1 fully saturated rings. The third kappa shape index (κ3) is 4.49. The molecular weight excluding hydrogens is 260 g/mol. The molecule has 0 aromatic heterocycles. The zero-order valence-electron chi connectivity index (χ0n) is 10.8. The van der Waals surface area contributed by atoms with E-state index in [2.05, 4.69) is 0 Å². The number of aliphatic hydroxyl groups excluding tert-OH is 1. The Morgan fingerprint density at radius 2 is 1.42 bits per heavy atom. The molecule has 19 heavy (non-hydrogen) atoms. The van der Waals surface area contributed by atoms with E-state index in [-0.39, 0.29) is 6.61 Å². The molecule has 1 heterocycles. The van der Waals surface area contributed by atoms with Crippen LogP contribution in [-0.4, -0.2) is 54.2 Å². The highest BCUT2D eigenvalue weighted by Crippen LogP contribution is 2.23. The van der Waals surface area contributed by atoms with E-state index in [4.69, 9.17) is 18.9 Å². The van der Waals surface area contributed by atoms with Crippen LogP contribution < -0.4 is 0 Å². The van der Waals surface area contributed by atoms with Gasteiger partial charge in [0.25, 0.3) is 0 Å². The minimum absolute atomic E-state index is 0.170. The van der Waals surface area contributed by atoms with Crippen LogP contribution in [0.5, 0.6) is 0 Å². The van der Waals surface area contributed by atoms with E-state index in [1.165, 1.54) is 6.92 Å². The second-order valence-corrected chi connectivity index (χ2v) is 4.02. The third-order valence-corrected chi connectivity index (χ3v) is 2.32. The first-order valence-electron chi connectivity index (χ1n) is 5.62. The van der Waals surface area contributed by atoms with Crippen LogP contribution in [0.3, 0.4) is 0 Å². The summed E-state index contributed by atoms with van der Waals surface area (Å²) >= 11 is 0. The summed E-state index contributed by atoms with van der Waals surface area (Å²) in [6.07, 6.45) is -4.78. The van der Waals surface area contributed by atoms with Gasteiger partial charge in [0, 0.05) is 20.8 Å². The van der Waals surface area contributed by atoms with Crippen molar-refractivity contribution < 1.29 is 38.4 Å². The number of carbonyl (C=O) groups is 3. The molecule has 0 bridgehead atoms. The lowest BCUT2D eigenvalue weighted by Crippen LogP contribution is -2.57. The zero-order valence-corrected chi connectivity index (χ0v) is 10.8. The highest BCUT2D eigenvalue weighted by molar-refractivity contribution is 5.68. The molecule has 0 spiro atoms. The largest absolute Gasteiger partial charge is 0.456 e. The molecule has 1 N–H and O–H groups in total. The van der Waals surface area contributed by atoms with Gasteiger partial charge in [0.1, 0.15) is 0 Å². The molecule has 0 radical (unpaired) electrons. The fraction of sp³-hybridized carbons (Fsp3) is 0.727. The first-order valence-corrected chi connectivity index (χ1v) is 5.62. The van der Waals surface area contributed by atoms with E-state index in [1.807, 2.05) is 0 Å². The van der Waals surface area contributed by atoms with Gasteiger partial charge in [-0.15, -0.1) is 0 Å². The molecule has 108 valence electrons. The van der Waals surface area contributed by atoms with Crippen molar-refractivity contribution in [1.29, 1.82) is 0 Å². The normalized spacial score (nSPS) is 30.3. The molecule has 8 heteroatoms. The first-order chi connectivity index (χ1) is 8.81. The van der Waals surface area contributed by atoms with Crippen LogP contribution in [0.1, 0.15) is 20.8 Å². The highest BCUT2D eigenvalue weighted by atomic mass is 16.7. The van der Waals surface area contributed by atoms with Gasteiger partial charge in [-0.3, -0.25) is 14.4 Å². The lowest BCUT2D eigenvalue weighted by molar-refractivity contribution is -0.267. The van der Waals surface area contributed by atoms with Crippen molar-refractivity contribution in [1.82, 2.24) is 0 Å². The molecule has 1 aliphatic heterocycles. The van der Waals surface area contributed by atoms with Gasteiger partial charge in [-0.2, -0.15) is 0 Å². The van der Waals surface area contributed by atoms with E-state index in [9.17, 15) is 19.5 Å². The standard InChI is InChI=1S/C11H16O8/c1-5(12)17-8-4-16-11(15)10(19-7(3)14)9(8)18-6(2)13/h8-11,15H,4H2,1-3H3/t8-,9?,10?,11+/m1/s1. The fourth-order valence-corrected chi connectivity index (χ4v) is 1.72. The molecular formula is C11H16O8. The van der Waals surface area contributed by atoms with Gasteiger partial charge in [0.2, 0.25) is 0 Å². The monoisotopic (exact) mass is 276 g/mol. The van der Waals surface area contributed by atoms with Crippen molar-refractivity contribution in [2.45, 2.75) is 45.4 Å². The smallest absolute Gasteiger partial charge is 0.303 e. The molecule has 2 unspecified atom stereocenters. The SMILES string of the molecule is CC(=O)OC1C(OC(C)=O)[C@H](OC(C)=O)CO[C@@H]1O. The molecule has 0 amide bonds. The number of ether oxygens (including phenoxy) is 4. The molecule has 4 atom stereocenters. The van der Waals surface area contributed by atoms with Gasteiger partial charge >= 0.3 is 17.9 Å². The van der Waals surface area contributed by atoms with Crippen molar-refractivity contribution >= 4 is 17.9 Å². The number of carbonyl (C=O) groups excluding carboxylic acids is 3. The van der Waals surface area contributed by atoms with Crippen LogP contribution in [0, 0.1) is 0 Å². The van der Waals surface area contributed by atoms with E-state index in [1.54, 1.807) is 0 Å². The van der Waals surface area contributed by atoms with Crippen LogP contribution in [0.25, 0.3) is 0 Å². The van der Waals surface area contributed by atoms with Crippen molar-refractivity contribution in [2.75, 3.05) is 6.61 Å². The number of esters is 3. The maximum atomic E-state index is 11.1. The summed E-state index contributed by atoms with van der Waals surface area (Å²) in [6.45, 7) is 3.29.